The van der Waals surface area contributed by atoms with Gasteiger partial charge in [-0.1, -0.05) is 19.1 Å². The van der Waals surface area contributed by atoms with Gasteiger partial charge in [0.15, 0.2) is 0 Å². The molecular formula is C22H23N3O4S. The lowest BCUT2D eigenvalue weighted by atomic mass is 10.2. The number of rotatable bonds is 5. The number of furan rings is 1. The Balaban J connectivity index is 1.36. The predicted octanol–water partition coefficient (Wildman–Crippen LogP) is 2.82. The molecule has 2 aromatic rings. The largest absolute Gasteiger partial charge is 0.461 e. The van der Waals surface area contributed by atoms with Crippen LogP contribution in [0.4, 0.5) is 0 Å². The number of sulfonamides is 1. The third kappa shape index (κ3) is 4.04. The molecule has 8 heteroatoms. The minimum Gasteiger partial charge on any atom is -0.461 e. The van der Waals surface area contributed by atoms with Gasteiger partial charge in [0.1, 0.15) is 17.6 Å². The molecule has 4 rings (SSSR count). The summed E-state index contributed by atoms with van der Waals surface area (Å²) in [5.41, 5.74) is 0.123. The van der Waals surface area contributed by atoms with Crippen molar-refractivity contribution in [2.75, 3.05) is 26.2 Å². The minimum absolute atomic E-state index is 0.00535. The molecule has 0 N–H and O–H groups in total. The van der Waals surface area contributed by atoms with Crippen LogP contribution in [0.1, 0.15) is 36.3 Å². The van der Waals surface area contributed by atoms with Gasteiger partial charge in [-0.05, 0) is 42.7 Å². The predicted molar refractivity (Wildman–Crippen MR) is 111 cm³/mol. The van der Waals surface area contributed by atoms with Crippen molar-refractivity contribution in [3.8, 4) is 6.07 Å². The topological polar surface area (TPSA) is 94.6 Å². The molecule has 2 atom stereocenters. The number of piperazine rings is 1. The third-order valence-electron chi connectivity index (χ3n) is 5.69. The summed E-state index contributed by atoms with van der Waals surface area (Å²) < 4.78 is 32.9. The van der Waals surface area contributed by atoms with E-state index in [4.69, 9.17) is 4.42 Å². The molecule has 2 fully saturated rings. The maximum absolute atomic E-state index is 12.9. The Hall–Kier alpha value is -2.89. The number of amides is 1. The van der Waals surface area contributed by atoms with E-state index in [2.05, 4.69) is 6.92 Å². The van der Waals surface area contributed by atoms with Crippen molar-refractivity contribution in [2.24, 2.45) is 5.92 Å². The molecular weight excluding hydrogens is 402 g/mol. The van der Waals surface area contributed by atoms with E-state index in [-0.39, 0.29) is 29.5 Å². The number of nitriles is 1. The van der Waals surface area contributed by atoms with Crippen LogP contribution in [0.5, 0.6) is 0 Å². The molecule has 1 aliphatic carbocycles. The van der Waals surface area contributed by atoms with Crippen LogP contribution in [0.25, 0.3) is 6.08 Å². The highest BCUT2D eigenvalue weighted by atomic mass is 32.2. The van der Waals surface area contributed by atoms with Crippen LogP contribution >= 0.6 is 0 Å². The van der Waals surface area contributed by atoms with E-state index < -0.39 is 10.0 Å². The lowest BCUT2D eigenvalue weighted by Gasteiger charge is -2.33. The van der Waals surface area contributed by atoms with Crippen LogP contribution in [0.2, 0.25) is 0 Å². The van der Waals surface area contributed by atoms with Crippen molar-refractivity contribution < 1.29 is 17.6 Å². The molecule has 2 aliphatic rings. The van der Waals surface area contributed by atoms with E-state index in [1.807, 2.05) is 18.2 Å². The first-order valence-electron chi connectivity index (χ1n) is 9.96. The molecule has 7 nitrogen and oxygen atoms in total. The van der Waals surface area contributed by atoms with Crippen molar-refractivity contribution >= 4 is 22.0 Å². The first kappa shape index (κ1) is 20.4. The second-order valence-corrected chi connectivity index (χ2v) is 9.64. The van der Waals surface area contributed by atoms with Gasteiger partial charge in [-0.15, -0.1) is 0 Å². The van der Waals surface area contributed by atoms with Crippen molar-refractivity contribution in [2.45, 2.75) is 24.2 Å². The van der Waals surface area contributed by atoms with Gasteiger partial charge in [-0.25, -0.2) is 8.42 Å². The zero-order valence-corrected chi connectivity index (χ0v) is 17.5. The molecule has 1 saturated heterocycles. The molecule has 1 saturated carbocycles. The summed E-state index contributed by atoms with van der Waals surface area (Å²) in [4.78, 5) is 14.1. The second kappa shape index (κ2) is 8.09. The molecule has 1 aromatic heterocycles. The fourth-order valence-electron chi connectivity index (χ4n) is 3.71. The Labute approximate surface area is 176 Å². The summed E-state index contributed by atoms with van der Waals surface area (Å²) in [7, 11) is -3.77. The maximum Gasteiger partial charge on any atom is 0.246 e. The summed E-state index contributed by atoms with van der Waals surface area (Å²) in [6.07, 6.45) is 4.26. The summed E-state index contributed by atoms with van der Waals surface area (Å²) in [5, 5.41) is 9.20. The molecule has 1 aromatic carbocycles. The maximum atomic E-state index is 12.9. The first-order chi connectivity index (χ1) is 14.4. The number of nitrogens with zero attached hydrogens (tertiary/aromatic N) is 3. The molecule has 1 aliphatic heterocycles. The van der Waals surface area contributed by atoms with Crippen molar-refractivity contribution in [3.05, 3.63) is 59.6 Å². The molecule has 2 unspecified atom stereocenters. The van der Waals surface area contributed by atoms with Crippen molar-refractivity contribution in [1.29, 1.82) is 5.26 Å². The van der Waals surface area contributed by atoms with Crippen LogP contribution < -0.4 is 0 Å². The van der Waals surface area contributed by atoms with E-state index in [9.17, 15) is 18.5 Å². The molecule has 0 bridgehead atoms. The number of carbonyl (C=O) groups excluding carboxylic acids is 1. The Kier molecular flexibility index (Phi) is 5.50. The molecule has 1 amide bonds. The van der Waals surface area contributed by atoms with Gasteiger partial charge in [-0.3, -0.25) is 4.79 Å². The Morgan fingerprint density at radius 2 is 1.87 bits per heavy atom. The number of hydrogen-bond donors (Lipinski definition) is 0. The SMILES string of the molecule is CC1CC1c1ccc(/C=C/C(=O)N2CCN(S(=O)(=O)c3ccccc3C#N)CC2)o1. The third-order valence-corrected chi connectivity index (χ3v) is 7.65. The van der Waals surface area contributed by atoms with Gasteiger partial charge in [-0.2, -0.15) is 9.57 Å². The number of carbonyl (C=O) groups is 1. The van der Waals surface area contributed by atoms with Crippen molar-refractivity contribution in [3.63, 3.8) is 0 Å². The van der Waals surface area contributed by atoms with Crippen LogP contribution in [0.15, 0.2) is 51.8 Å². The fourth-order valence-corrected chi connectivity index (χ4v) is 5.27. The molecule has 30 heavy (non-hydrogen) atoms. The molecule has 156 valence electrons. The molecule has 2 heterocycles. The van der Waals surface area contributed by atoms with Crippen LogP contribution in [0, 0.1) is 17.2 Å². The van der Waals surface area contributed by atoms with Crippen LogP contribution in [-0.4, -0.2) is 49.7 Å². The van der Waals surface area contributed by atoms with Gasteiger partial charge < -0.3 is 9.32 Å². The summed E-state index contributed by atoms with van der Waals surface area (Å²) in [6.45, 7) is 3.14. The van der Waals surface area contributed by atoms with Gasteiger partial charge in [0.2, 0.25) is 15.9 Å². The average molecular weight is 426 g/mol. The summed E-state index contributed by atoms with van der Waals surface area (Å²) >= 11 is 0. The van der Waals surface area contributed by atoms with Gasteiger partial charge >= 0.3 is 0 Å². The van der Waals surface area contributed by atoms with Crippen LogP contribution in [-0.2, 0) is 14.8 Å². The van der Waals surface area contributed by atoms with E-state index in [1.54, 1.807) is 23.1 Å². The van der Waals surface area contributed by atoms with Crippen molar-refractivity contribution in [1.82, 2.24) is 9.21 Å². The number of hydrogen-bond acceptors (Lipinski definition) is 5. The first-order valence-corrected chi connectivity index (χ1v) is 11.4. The highest BCUT2D eigenvalue weighted by Crippen LogP contribution is 2.47. The zero-order valence-electron chi connectivity index (χ0n) is 16.7. The Bertz CT molecular complexity index is 1120. The van der Waals surface area contributed by atoms with Crippen LogP contribution in [0.3, 0.4) is 0 Å². The fraction of sp³-hybridized carbons (Fsp3) is 0.364. The molecule has 0 radical (unpaired) electrons. The standard InChI is InChI=1S/C22H23N3O4S/c1-16-14-19(16)20-8-6-18(29-20)7-9-22(26)24-10-12-25(13-11-24)30(27,28)21-5-3-2-4-17(21)15-23/h2-9,16,19H,10-14H2,1H3/b9-7+. The summed E-state index contributed by atoms with van der Waals surface area (Å²) in [6, 6.07) is 11.9. The Morgan fingerprint density at radius 1 is 1.17 bits per heavy atom. The molecule has 0 spiro atoms. The highest BCUT2D eigenvalue weighted by molar-refractivity contribution is 7.89. The van der Waals surface area contributed by atoms with E-state index in [0.717, 1.165) is 12.2 Å². The average Bonchev–Trinajstić information content (AvgIpc) is 3.31. The quantitative estimate of drug-likeness (QED) is 0.687. The van der Waals surface area contributed by atoms with Gasteiger partial charge in [0, 0.05) is 38.2 Å². The highest BCUT2D eigenvalue weighted by Gasteiger charge is 2.36. The lowest BCUT2D eigenvalue weighted by Crippen LogP contribution is -2.50. The zero-order chi connectivity index (χ0) is 21.3. The monoisotopic (exact) mass is 425 g/mol. The van der Waals surface area contributed by atoms with E-state index >= 15 is 0 Å². The smallest absolute Gasteiger partial charge is 0.246 e. The normalized spacial score (nSPS) is 22.2. The second-order valence-electron chi connectivity index (χ2n) is 7.73. The van der Waals surface area contributed by atoms with E-state index in [1.165, 1.54) is 22.5 Å². The lowest BCUT2D eigenvalue weighted by molar-refractivity contribution is -0.127. The van der Waals surface area contributed by atoms with Gasteiger partial charge in [0.05, 0.1) is 10.5 Å². The van der Waals surface area contributed by atoms with E-state index in [0.29, 0.717) is 30.7 Å². The van der Waals surface area contributed by atoms with Gasteiger partial charge in [0.25, 0.3) is 0 Å². The summed E-state index contributed by atoms with van der Waals surface area (Å²) in [5.74, 6) is 2.58. The Morgan fingerprint density at radius 3 is 2.53 bits per heavy atom. The minimum atomic E-state index is -3.77. The number of benzene rings is 1.